The lowest BCUT2D eigenvalue weighted by Crippen LogP contribution is -2.14. The quantitative estimate of drug-likeness (QED) is 0.842. The Kier molecular flexibility index (Phi) is 3.40. The van der Waals surface area contributed by atoms with Crippen molar-refractivity contribution in [2.24, 2.45) is 0 Å². The fourth-order valence-corrected chi connectivity index (χ4v) is 2.34. The first-order chi connectivity index (χ1) is 9.54. The maximum atomic E-state index is 13.4. The zero-order chi connectivity index (χ0) is 14.3. The minimum atomic E-state index is -0.695. The van der Waals surface area contributed by atoms with Crippen molar-refractivity contribution in [3.63, 3.8) is 0 Å². The van der Waals surface area contributed by atoms with Crippen molar-refractivity contribution in [2.45, 2.75) is 18.8 Å². The van der Waals surface area contributed by atoms with Crippen LogP contribution in [0.5, 0.6) is 0 Å². The highest BCUT2D eigenvalue weighted by molar-refractivity contribution is 6.37. The van der Waals surface area contributed by atoms with E-state index in [-0.39, 0.29) is 15.6 Å². The number of imidazole rings is 1. The molecule has 1 heterocycles. The van der Waals surface area contributed by atoms with Crippen LogP contribution in [0.15, 0.2) is 18.3 Å². The first-order valence-electron chi connectivity index (χ1n) is 6.05. The summed E-state index contributed by atoms with van der Waals surface area (Å²) in [5.41, 5.74) is 1.01. The number of hydrogen-bond donors (Lipinski definition) is 2. The summed E-state index contributed by atoms with van der Waals surface area (Å²) >= 11 is 11.5. The van der Waals surface area contributed by atoms with Crippen LogP contribution in [0.25, 0.3) is 0 Å². The van der Waals surface area contributed by atoms with Crippen molar-refractivity contribution in [1.82, 2.24) is 9.97 Å². The summed E-state index contributed by atoms with van der Waals surface area (Å²) in [5, 5.41) is 2.51. The van der Waals surface area contributed by atoms with Gasteiger partial charge in [-0.15, -0.1) is 0 Å². The van der Waals surface area contributed by atoms with Crippen LogP contribution in [0.4, 0.5) is 10.3 Å². The van der Waals surface area contributed by atoms with E-state index in [9.17, 15) is 9.18 Å². The molecule has 1 saturated carbocycles. The Labute approximate surface area is 124 Å². The van der Waals surface area contributed by atoms with Crippen LogP contribution >= 0.6 is 23.2 Å². The number of nitrogens with zero attached hydrogens (tertiary/aromatic N) is 1. The van der Waals surface area contributed by atoms with Crippen LogP contribution in [-0.2, 0) is 0 Å². The van der Waals surface area contributed by atoms with Gasteiger partial charge in [0.25, 0.3) is 5.91 Å². The molecule has 1 fully saturated rings. The van der Waals surface area contributed by atoms with Crippen molar-refractivity contribution in [1.29, 1.82) is 0 Å². The highest BCUT2D eigenvalue weighted by Gasteiger charge is 2.25. The normalized spacial score (nSPS) is 14.3. The fraction of sp³-hybridized carbons (Fsp3) is 0.231. The van der Waals surface area contributed by atoms with E-state index in [0.717, 1.165) is 24.6 Å². The fourth-order valence-electron chi connectivity index (χ4n) is 1.87. The number of halogens is 3. The number of anilines is 1. The van der Waals surface area contributed by atoms with Gasteiger partial charge in [-0.2, -0.15) is 0 Å². The first kappa shape index (κ1) is 13.4. The van der Waals surface area contributed by atoms with Gasteiger partial charge < -0.3 is 4.98 Å². The maximum absolute atomic E-state index is 13.4. The number of amides is 1. The number of hydrogen-bond acceptors (Lipinski definition) is 2. The molecule has 1 aliphatic carbocycles. The van der Waals surface area contributed by atoms with E-state index < -0.39 is 11.7 Å². The van der Waals surface area contributed by atoms with Gasteiger partial charge in [-0.25, -0.2) is 9.37 Å². The van der Waals surface area contributed by atoms with Gasteiger partial charge in [0.05, 0.1) is 21.8 Å². The third kappa shape index (κ3) is 2.64. The van der Waals surface area contributed by atoms with E-state index in [4.69, 9.17) is 23.2 Å². The van der Waals surface area contributed by atoms with Gasteiger partial charge in [-0.3, -0.25) is 10.1 Å². The second kappa shape index (κ2) is 5.07. The number of benzene rings is 1. The van der Waals surface area contributed by atoms with Crippen LogP contribution in [0.1, 0.15) is 34.8 Å². The molecule has 4 nitrogen and oxygen atoms in total. The van der Waals surface area contributed by atoms with E-state index in [1.165, 1.54) is 6.07 Å². The second-order valence-electron chi connectivity index (χ2n) is 4.66. The standard InChI is InChI=1S/C13H10Cl2FN3O/c14-8-4-9(15)10(16)3-7(8)12(20)19-13-17-5-11(18-13)6-1-2-6/h3-6H,1-2H2,(H2,17,18,19,20). The monoisotopic (exact) mass is 313 g/mol. The van der Waals surface area contributed by atoms with Crippen molar-refractivity contribution in [3.8, 4) is 0 Å². The Morgan fingerprint density at radius 3 is 2.80 bits per heavy atom. The topological polar surface area (TPSA) is 57.8 Å². The van der Waals surface area contributed by atoms with E-state index in [1.54, 1.807) is 6.20 Å². The number of aromatic nitrogens is 2. The lowest BCUT2D eigenvalue weighted by Gasteiger charge is -2.05. The first-order valence-corrected chi connectivity index (χ1v) is 6.81. The Hall–Kier alpha value is -1.59. The highest BCUT2D eigenvalue weighted by atomic mass is 35.5. The number of nitrogens with one attached hydrogen (secondary N) is 2. The summed E-state index contributed by atoms with van der Waals surface area (Å²) in [6, 6.07) is 2.20. The minimum Gasteiger partial charge on any atom is -0.328 e. The summed E-state index contributed by atoms with van der Waals surface area (Å²) in [6.45, 7) is 0. The van der Waals surface area contributed by atoms with Gasteiger partial charge in [0.15, 0.2) is 0 Å². The van der Waals surface area contributed by atoms with E-state index >= 15 is 0 Å². The van der Waals surface area contributed by atoms with E-state index in [0.29, 0.717) is 11.9 Å². The van der Waals surface area contributed by atoms with Gasteiger partial charge in [-0.05, 0) is 25.0 Å². The van der Waals surface area contributed by atoms with E-state index in [1.807, 2.05) is 0 Å². The predicted octanol–water partition coefficient (Wildman–Crippen LogP) is 3.99. The third-order valence-corrected chi connectivity index (χ3v) is 3.70. The molecule has 1 aromatic heterocycles. The van der Waals surface area contributed by atoms with Crippen molar-refractivity contribution < 1.29 is 9.18 Å². The molecular weight excluding hydrogens is 304 g/mol. The molecule has 1 aromatic carbocycles. The number of rotatable bonds is 3. The van der Waals surface area contributed by atoms with Crippen LogP contribution in [0, 0.1) is 5.82 Å². The maximum Gasteiger partial charge on any atom is 0.259 e. The highest BCUT2D eigenvalue weighted by Crippen LogP contribution is 2.39. The summed E-state index contributed by atoms with van der Waals surface area (Å²) in [7, 11) is 0. The average molecular weight is 314 g/mol. The second-order valence-corrected chi connectivity index (χ2v) is 5.48. The van der Waals surface area contributed by atoms with Crippen molar-refractivity contribution in [3.05, 3.63) is 45.4 Å². The predicted molar refractivity (Wildman–Crippen MR) is 74.9 cm³/mol. The van der Waals surface area contributed by atoms with Gasteiger partial charge in [0.1, 0.15) is 5.82 Å². The molecule has 1 amide bonds. The molecule has 0 spiro atoms. The molecule has 0 bridgehead atoms. The largest absolute Gasteiger partial charge is 0.328 e. The molecule has 104 valence electrons. The molecule has 0 radical (unpaired) electrons. The molecule has 7 heteroatoms. The van der Waals surface area contributed by atoms with Crippen LogP contribution < -0.4 is 5.32 Å². The third-order valence-electron chi connectivity index (χ3n) is 3.10. The Balaban J connectivity index is 1.79. The number of carbonyl (C=O) groups excluding carboxylic acids is 1. The Morgan fingerprint density at radius 2 is 2.10 bits per heavy atom. The minimum absolute atomic E-state index is 0.0120. The van der Waals surface area contributed by atoms with Gasteiger partial charge in [0, 0.05) is 11.6 Å². The van der Waals surface area contributed by atoms with Crippen LogP contribution in [0.3, 0.4) is 0 Å². The molecule has 2 N–H and O–H groups in total. The van der Waals surface area contributed by atoms with Crippen LogP contribution in [-0.4, -0.2) is 15.9 Å². The van der Waals surface area contributed by atoms with E-state index in [2.05, 4.69) is 15.3 Å². The van der Waals surface area contributed by atoms with Crippen molar-refractivity contribution >= 4 is 35.1 Å². The number of carbonyl (C=O) groups is 1. The number of aromatic amines is 1. The lowest BCUT2D eigenvalue weighted by molar-refractivity contribution is 0.102. The van der Waals surface area contributed by atoms with Gasteiger partial charge >= 0.3 is 0 Å². The number of H-pyrrole nitrogens is 1. The summed E-state index contributed by atoms with van der Waals surface area (Å²) in [4.78, 5) is 19.1. The average Bonchev–Trinajstić information content (AvgIpc) is 3.15. The molecule has 1 aliphatic rings. The molecule has 0 aliphatic heterocycles. The molecule has 2 aromatic rings. The van der Waals surface area contributed by atoms with Gasteiger partial charge in [-0.1, -0.05) is 23.2 Å². The zero-order valence-corrected chi connectivity index (χ0v) is 11.7. The molecular formula is C13H10Cl2FN3O. The summed E-state index contributed by atoms with van der Waals surface area (Å²) in [5.74, 6) is -0.408. The Bertz CT molecular complexity index is 682. The van der Waals surface area contributed by atoms with Crippen LogP contribution in [0.2, 0.25) is 10.0 Å². The molecule has 0 saturated heterocycles. The summed E-state index contributed by atoms with van der Waals surface area (Å²) in [6.07, 6.45) is 3.95. The summed E-state index contributed by atoms with van der Waals surface area (Å²) < 4.78 is 13.4. The molecule has 0 unspecified atom stereocenters. The smallest absolute Gasteiger partial charge is 0.259 e. The molecule has 20 heavy (non-hydrogen) atoms. The van der Waals surface area contributed by atoms with Gasteiger partial charge in [0.2, 0.25) is 5.95 Å². The zero-order valence-electron chi connectivity index (χ0n) is 10.2. The Morgan fingerprint density at radius 1 is 1.35 bits per heavy atom. The molecule has 3 rings (SSSR count). The van der Waals surface area contributed by atoms with Crippen molar-refractivity contribution in [2.75, 3.05) is 5.32 Å². The SMILES string of the molecule is O=C(Nc1ncc(C2CC2)[nH]1)c1cc(F)c(Cl)cc1Cl. The lowest BCUT2D eigenvalue weighted by atomic mass is 10.2. The molecule has 0 atom stereocenters.